The molecule has 0 saturated carbocycles. The summed E-state index contributed by atoms with van der Waals surface area (Å²) in [5.74, 6) is -0.340. The molecule has 3 N–H and O–H groups in total. The van der Waals surface area contributed by atoms with Crippen LogP contribution in [0.25, 0.3) is 0 Å². The quantitative estimate of drug-likeness (QED) is 0.580. The van der Waals surface area contributed by atoms with Gasteiger partial charge < -0.3 is 15.6 Å². The van der Waals surface area contributed by atoms with Crippen molar-refractivity contribution in [1.29, 1.82) is 0 Å². The van der Waals surface area contributed by atoms with Crippen molar-refractivity contribution >= 4 is 5.97 Å². The summed E-state index contributed by atoms with van der Waals surface area (Å²) in [7, 11) is 0. The highest BCUT2D eigenvalue weighted by molar-refractivity contribution is 5.78. The maximum Gasteiger partial charge on any atom is 0.323 e. The fraction of sp³-hybridized carbons (Fsp3) is 0.923. The maximum atomic E-state index is 10.9. The Balaban J connectivity index is 3.66. The van der Waals surface area contributed by atoms with Crippen LogP contribution in [-0.2, 0) is 9.53 Å². The topological polar surface area (TPSA) is 72.5 Å². The fourth-order valence-corrected chi connectivity index (χ4v) is 1.79. The predicted molar refractivity (Wildman–Crippen MR) is 69.0 cm³/mol. The number of aliphatic carboxylic acids is 1. The molecule has 2 unspecified atom stereocenters. The number of carboxylic acid groups (broad SMARTS) is 1. The molecule has 0 aliphatic carbocycles. The van der Waals surface area contributed by atoms with Crippen molar-refractivity contribution in [2.45, 2.75) is 58.4 Å². The van der Waals surface area contributed by atoms with Gasteiger partial charge in [0, 0.05) is 13.2 Å². The van der Waals surface area contributed by atoms with E-state index in [4.69, 9.17) is 15.6 Å². The highest BCUT2D eigenvalue weighted by atomic mass is 16.5. The zero-order valence-electron chi connectivity index (χ0n) is 11.4. The van der Waals surface area contributed by atoms with E-state index in [1.807, 2.05) is 0 Å². The van der Waals surface area contributed by atoms with Gasteiger partial charge in [0.05, 0.1) is 0 Å². The van der Waals surface area contributed by atoms with Crippen LogP contribution in [0.5, 0.6) is 0 Å². The molecular weight excluding hydrogens is 218 g/mol. The molecule has 102 valence electrons. The Bertz CT molecular complexity index is 221. The van der Waals surface area contributed by atoms with Gasteiger partial charge in [-0.3, -0.25) is 4.79 Å². The van der Waals surface area contributed by atoms with E-state index >= 15 is 0 Å². The van der Waals surface area contributed by atoms with Gasteiger partial charge in [-0.2, -0.15) is 0 Å². The molecular formula is C13H27NO3. The summed E-state index contributed by atoms with van der Waals surface area (Å²) in [4.78, 5) is 10.9. The Morgan fingerprint density at radius 3 is 2.59 bits per heavy atom. The highest BCUT2D eigenvalue weighted by Gasteiger charge is 2.30. The molecule has 0 aliphatic rings. The minimum Gasteiger partial charge on any atom is -0.480 e. The Hall–Kier alpha value is -0.610. The van der Waals surface area contributed by atoms with Crippen LogP contribution in [-0.4, -0.2) is 29.8 Å². The number of carboxylic acids is 1. The van der Waals surface area contributed by atoms with Gasteiger partial charge in [-0.25, -0.2) is 0 Å². The summed E-state index contributed by atoms with van der Waals surface area (Å²) < 4.78 is 5.52. The average Bonchev–Trinajstić information content (AvgIpc) is 2.28. The first kappa shape index (κ1) is 16.4. The van der Waals surface area contributed by atoms with Crippen molar-refractivity contribution in [2.75, 3.05) is 13.2 Å². The van der Waals surface area contributed by atoms with Crippen molar-refractivity contribution in [3.8, 4) is 0 Å². The summed E-state index contributed by atoms with van der Waals surface area (Å²) in [5.41, 5.74) is 4.69. The summed E-state index contributed by atoms with van der Waals surface area (Å²) >= 11 is 0. The third-order valence-corrected chi connectivity index (χ3v) is 3.15. The molecule has 0 aromatic heterocycles. The first-order valence-corrected chi connectivity index (χ1v) is 6.56. The lowest BCUT2D eigenvalue weighted by Gasteiger charge is -2.22. The van der Waals surface area contributed by atoms with E-state index in [2.05, 4.69) is 13.8 Å². The van der Waals surface area contributed by atoms with Gasteiger partial charge >= 0.3 is 5.97 Å². The van der Waals surface area contributed by atoms with E-state index in [1.165, 1.54) is 12.8 Å². The Labute approximate surface area is 105 Å². The third-order valence-electron chi connectivity index (χ3n) is 3.15. The molecule has 0 amide bonds. The smallest absolute Gasteiger partial charge is 0.323 e. The summed E-state index contributed by atoms with van der Waals surface area (Å²) in [6, 6.07) is 0. The van der Waals surface area contributed by atoms with E-state index in [0.29, 0.717) is 31.8 Å². The van der Waals surface area contributed by atoms with Crippen molar-refractivity contribution in [3.05, 3.63) is 0 Å². The van der Waals surface area contributed by atoms with Gasteiger partial charge in [0.15, 0.2) is 0 Å². The van der Waals surface area contributed by atoms with Crippen LogP contribution >= 0.6 is 0 Å². The zero-order chi connectivity index (χ0) is 13.3. The van der Waals surface area contributed by atoms with Crippen LogP contribution in [0, 0.1) is 5.92 Å². The van der Waals surface area contributed by atoms with Gasteiger partial charge in [-0.05, 0) is 31.6 Å². The van der Waals surface area contributed by atoms with Crippen LogP contribution < -0.4 is 5.73 Å². The molecule has 0 spiro atoms. The number of hydrogen-bond acceptors (Lipinski definition) is 3. The van der Waals surface area contributed by atoms with Gasteiger partial charge in [-0.15, -0.1) is 0 Å². The van der Waals surface area contributed by atoms with Crippen molar-refractivity contribution in [3.63, 3.8) is 0 Å². The lowest BCUT2D eigenvalue weighted by atomic mass is 9.92. The van der Waals surface area contributed by atoms with Crippen LogP contribution in [0.3, 0.4) is 0 Å². The molecule has 0 radical (unpaired) electrons. The van der Waals surface area contributed by atoms with Crippen LogP contribution in [0.1, 0.15) is 52.9 Å². The minimum atomic E-state index is -1.08. The molecule has 0 aliphatic heterocycles. The zero-order valence-corrected chi connectivity index (χ0v) is 11.4. The summed E-state index contributed by atoms with van der Waals surface area (Å²) in [6.45, 7) is 7.48. The number of hydrogen-bond donors (Lipinski definition) is 2. The molecule has 2 atom stereocenters. The second kappa shape index (κ2) is 8.48. The largest absolute Gasteiger partial charge is 0.480 e. The molecule has 0 bridgehead atoms. The second-order valence-electron chi connectivity index (χ2n) is 4.89. The first-order chi connectivity index (χ1) is 7.96. The van der Waals surface area contributed by atoms with Gasteiger partial charge in [0.2, 0.25) is 0 Å². The highest BCUT2D eigenvalue weighted by Crippen LogP contribution is 2.14. The standard InChI is InChI=1S/C13H27NO3/c1-4-7-11(3)10-17-9-6-8-13(14,5-2)12(15)16/h11H,4-10,14H2,1-3H3,(H,15,16). The Morgan fingerprint density at radius 1 is 1.47 bits per heavy atom. The molecule has 4 nitrogen and oxygen atoms in total. The van der Waals surface area contributed by atoms with Crippen molar-refractivity contribution in [1.82, 2.24) is 0 Å². The van der Waals surface area contributed by atoms with Crippen LogP contribution in [0.4, 0.5) is 0 Å². The van der Waals surface area contributed by atoms with Crippen LogP contribution in [0.2, 0.25) is 0 Å². The molecule has 0 saturated heterocycles. The normalized spacial score (nSPS) is 16.5. The van der Waals surface area contributed by atoms with E-state index in [9.17, 15) is 4.79 Å². The fourth-order valence-electron chi connectivity index (χ4n) is 1.79. The third kappa shape index (κ3) is 6.64. The average molecular weight is 245 g/mol. The molecule has 4 heteroatoms. The molecule has 0 rings (SSSR count). The van der Waals surface area contributed by atoms with Crippen LogP contribution in [0.15, 0.2) is 0 Å². The van der Waals surface area contributed by atoms with Crippen molar-refractivity contribution < 1.29 is 14.6 Å². The SMILES string of the molecule is CCCC(C)COCCCC(N)(CC)C(=O)O. The van der Waals surface area contributed by atoms with Gasteiger partial charge in [-0.1, -0.05) is 27.2 Å². The lowest BCUT2D eigenvalue weighted by molar-refractivity contribution is -0.143. The molecule has 0 fully saturated rings. The number of carbonyl (C=O) groups is 1. The Morgan fingerprint density at radius 2 is 2.12 bits per heavy atom. The summed E-state index contributed by atoms with van der Waals surface area (Å²) in [6.07, 6.45) is 3.97. The second-order valence-corrected chi connectivity index (χ2v) is 4.89. The molecule has 0 aromatic rings. The van der Waals surface area contributed by atoms with E-state index in [0.717, 1.165) is 6.61 Å². The number of nitrogens with two attached hydrogens (primary N) is 1. The minimum absolute atomic E-state index is 0.453. The van der Waals surface area contributed by atoms with E-state index in [1.54, 1.807) is 6.92 Å². The Kier molecular flexibility index (Phi) is 8.17. The van der Waals surface area contributed by atoms with Gasteiger partial charge in [0.25, 0.3) is 0 Å². The lowest BCUT2D eigenvalue weighted by Crippen LogP contribution is -2.47. The molecule has 0 heterocycles. The summed E-state index contributed by atoms with van der Waals surface area (Å²) in [5, 5.41) is 8.98. The monoisotopic (exact) mass is 245 g/mol. The van der Waals surface area contributed by atoms with E-state index < -0.39 is 11.5 Å². The number of rotatable bonds is 10. The first-order valence-electron chi connectivity index (χ1n) is 6.56. The molecule has 0 aromatic carbocycles. The van der Waals surface area contributed by atoms with E-state index in [-0.39, 0.29) is 0 Å². The molecule has 17 heavy (non-hydrogen) atoms. The number of ether oxygens (including phenoxy) is 1. The maximum absolute atomic E-state index is 10.9. The predicted octanol–water partition coefficient (Wildman–Crippen LogP) is 2.41. The van der Waals surface area contributed by atoms with Gasteiger partial charge in [0.1, 0.15) is 5.54 Å². The van der Waals surface area contributed by atoms with Crippen molar-refractivity contribution in [2.24, 2.45) is 11.7 Å².